The topological polar surface area (TPSA) is 86.5 Å². The Bertz CT molecular complexity index is 433. The van der Waals surface area contributed by atoms with Crippen LogP contribution < -0.4 is 5.14 Å². The highest BCUT2D eigenvalue weighted by molar-refractivity contribution is 7.89. The molecule has 0 spiro atoms. The van der Waals surface area contributed by atoms with E-state index in [4.69, 9.17) is 9.88 Å². The average Bonchev–Trinajstić information content (AvgIpc) is 2.86. The smallest absolute Gasteiger partial charge is 0.308 e. The summed E-state index contributed by atoms with van der Waals surface area (Å²) in [6.45, 7) is 3.80. The minimum absolute atomic E-state index is 0.0692. The molecule has 2 bridgehead atoms. The quantitative estimate of drug-likeness (QED) is 0.776. The first-order valence-corrected chi connectivity index (χ1v) is 8.16. The zero-order chi connectivity index (χ0) is 13.5. The molecule has 0 aromatic rings. The minimum atomic E-state index is -3.45. The molecule has 18 heavy (non-hydrogen) atoms. The predicted molar refractivity (Wildman–Crippen MR) is 67.1 cm³/mol. The van der Waals surface area contributed by atoms with E-state index in [9.17, 15) is 13.2 Å². The zero-order valence-corrected chi connectivity index (χ0v) is 11.7. The molecule has 0 heterocycles. The van der Waals surface area contributed by atoms with Crippen LogP contribution in [0.5, 0.6) is 0 Å². The number of esters is 1. The second-order valence-corrected chi connectivity index (χ2v) is 7.42. The van der Waals surface area contributed by atoms with E-state index in [1.807, 2.05) is 13.8 Å². The second-order valence-electron chi connectivity index (χ2n) is 5.64. The Hall–Kier alpha value is -0.620. The van der Waals surface area contributed by atoms with Crippen molar-refractivity contribution >= 4 is 16.0 Å². The third-order valence-electron chi connectivity index (χ3n) is 4.43. The zero-order valence-electron chi connectivity index (χ0n) is 10.8. The van der Waals surface area contributed by atoms with Crippen LogP contribution in [0.2, 0.25) is 0 Å². The molecule has 2 aliphatic rings. The van der Waals surface area contributed by atoms with Gasteiger partial charge < -0.3 is 4.74 Å². The molecule has 5 unspecified atom stereocenters. The molecule has 0 aromatic carbocycles. The van der Waals surface area contributed by atoms with E-state index < -0.39 is 15.3 Å². The van der Waals surface area contributed by atoms with Crippen LogP contribution in [0.15, 0.2) is 0 Å². The first-order valence-electron chi connectivity index (χ1n) is 6.55. The van der Waals surface area contributed by atoms with Gasteiger partial charge in [-0.05, 0) is 37.5 Å². The maximum absolute atomic E-state index is 11.7. The summed E-state index contributed by atoms with van der Waals surface area (Å²) in [4.78, 5) is 11.7. The van der Waals surface area contributed by atoms with Crippen LogP contribution in [0.1, 0.15) is 39.5 Å². The minimum Gasteiger partial charge on any atom is -0.462 e. The lowest BCUT2D eigenvalue weighted by Crippen LogP contribution is -2.37. The molecule has 104 valence electrons. The number of sulfonamides is 1. The van der Waals surface area contributed by atoms with Crippen molar-refractivity contribution in [3.8, 4) is 0 Å². The Morgan fingerprint density at radius 1 is 1.33 bits per heavy atom. The van der Waals surface area contributed by atoms with Gasteiger partial charge >= 0.3 is 5.97 Å². The monoisotopic (exact) mass is 275 g/mol. The predicted octanol–water partition coefficient (Wildman–Crippen LogP) is 1.03. The lowest BCUT2D eigenvalue weighted by atomic mass is 9.97. The summed E-state index contributed by atoms with van der Waals surface area (Å²) in [7, 11) is -3.45. The van der Waals surface area contributed by atoms with E-state index in [0.717, 1.165) is 12.8 Å². The summed E-state index contributed by atoms with van der Waals surface area (Å²) >= 11 is 0. The maximum Gasteiger partial charge on any atom is 0.308 e. The molecular formula is C12H21NO4S. The summed E-state index contributed by atoms with van der Waals surface area (Å²) in [6, 6.07) is 0. The van der Waals surface area contributed by atoms with Crippen molar-refractivity contribution in [1.29, 1.82) is 0 Å². The number of hydrogen-bond donors (Lipinski definition) is 1. The summed E-state index contributed by atoms with van der Waals surface area (Å²) in [5.74, 6) is -0.00793. The number of nitrogens with two attached hydrogens (primary N) is 1. The number of fused-ring (bicyclic) bond motifs is 2. The van der Waals surface area contributed by atoms with Crippen LogP contribution in [0.3, 0.4) is 0 Å². The van der Waals surface area contributed by atoms with E-state index >= 15 is 0 Å². The fourth-order valence-corrected chi connectivity index (χ4v) is 4.42. The van der Waals surface area contributed by atoms with Gasteiger partial charge in [-0.25, -0.2) is 13.6 Å². The summed E-state index contributed by atoms with van der Waals surface area (Å²) < 4.78 is 28.2. The van der Waals surface area contributed by atoms with Crippen molar-refractivity contribution in [1.82, 2.24) is 0 Å². The third kappa shape index (κ3) is 2.54. The van der Waals surface area contributed by atoms with Gasteiger partial charge in [0.15, 0.2) is 0 Å². The number of carbonyl (C=O) groups excluding carboxylic acids is 1. The van der Waals surface area contributed by atoms with Crippen LogP contribution in [0, 0.1) is 17.8 Å². The molecule has 2 aliphatic carbocycles. The van der Waals surface area contributed by atoms with Gasteiger partial charge in [0, 0.05) is 0 Å². The van der Waals surface area contributed by atoms with Crippen molar-refractivity contribution in [2.75, 3.05) is 0 Å². The molecule has 5 atom stereocenters. The van der Waals surface area contributed by atoms with E-state index in [-0.39, 0.29) is 29.8 Å². The van der Waals surface area contributed by atoms with Crippen molar-refractivity contribution in [3.63, 3.8) is 0 Å². The van der Waals surface area contributed by atoms with E-state index in [1.165, 1.54) is 0 Å². The molecule has 0 amide bonds. The van der Waals surface area contributed by atoms with Gasteiger partial charge in [-0.2, -0.15) is 0 Å². The van der Waals surface area contributed by atoms with Gasteiger partial charge in [-0.15, -0.1) is 0 Å². The first kappa shape index (κ1) is 13.8. The fourth-order valence-electron chi connectivity index (χ4n) is 3.15. The Kier molecular flexibility index (Phi) is 3.69. The van der Waals surface area contributed by atoms with Gasteiger partial charge in [-0.3, -0.25) is 4.79 Å². The van der Waals surface area contributed by atoms with Crippen LogP contribution >= 0.6 is 0 Å². The lowest BCUT2D eigenvalue weighted by molar-refractivity contribution is -0.156. The Morgan fingerprint density at radius 3 is 2.44 bits per heavy atom. The number of hydrogen-bond acceptors (Lipinski definition) is 4. The standard InChI is InChI=1S/C12H21NO4S/c1-3-7(2)12(14)17-10-5-9-4-8(10)6-11(9)18(13,15)16/h7-11H,3-6H2,1-2H3,(H2,13,15,16). The van der Waals surface area contributed by atoms with Crippen molar-refractivity contribution in [3.05, 3.63) is 0 Å². The number of primary sulfonamides is 1. The molecule has 6 heteroatoms. The van der Waals surface area contributed by atoms with Crippen molar-refractivity contribution in [2.24, 2.45) is 22.9 Å². The summed E-state index contributed by atoms with van der Waals surface area (Å²) in [5.41, 5.74) is 0. The summed E-state index contributed by atoms with van der Waals surface area (Å²) in [6.07, 6.45) is 2.67. The average molecular weight is 275 g/mol. The molecule has 0 radical (unpaired) electrons. The first-order chi connectivity index (χ1) is 8.32. The molecule has 0 aromatic heterocycles. The molecule has 0 aliphatic heterocycles. The van der Waals surface area contributed by atoms with Crippen LogP contribution in [-0.2, 0) is 19.6 Å². The van der Waals surface area contributed by atoms with Crippen LogP contribution in [-0.4, -0.2) is 25.7 Å². The van der Waals surface area contributed by atoms with Crippen LogP contribution in [0.4, 0.5) is 0 Å². The largest absolute Gasteiger partial charge is 0.462 e. The molecule has 0 saturated heterocycles. The maximum atomic E-state index is 11.7. The van der Waals surface area contributed by atoms with E-state index in [2.05, 4.69) is 0 Å². The normalized spacial score (nSPS) is 36.6. The van der Waals surface area contributed by atoms with Gasteiger partial charge in [-0.1, -0.05) is 13.8 Å². The van der Waals surface area contributed by atoms with Crippen molar-refractivity contribution in [2.45, 2.75) is 50.9 Å². The molecule has 2 fully saturated rings. The molecule has 2 rings (SSSR count). The molecule has 2 N–H and O–H groups in total. The van der Waals surface area contributed by atoms with Gasteiger partial charge in [0.05, 0.1) is 11.2 Å². The third-order valence-corrected chi connectivity index (χ3v) is 5.85. The molecule has 2 saturated carbocycles. The van der Waals surface area contributed by atoms with Gasteiger partial charge in [0.1, 0.15) is 6.10 Å². The Labute approximate surface area is 108 Å². The van der Waals surface area contributed by atoms with E-state index in [0.29, 0.717) is 12.8 Å². The molecular weight excluding hydrogens is 254 g/mol. The number of ether oxygens (including phenoxy) is 1. The van der Waals surface area contributed by atoms with Gasteiger partial charge in [0.25, 0.3) is 0 Å². The fraction of sp³-hybridized carbons (Fsp3) is 0.917. The summed E-state index contributed by atoms with van der Waals surface area (Å²) in [5, 5.41) is 4.78. The highest BCUT2D eigenvalue weighted by atomic mass is 32.2. The van der Waals surface area contributed by atoms with Gasteiger partial charge in [0.2, 0.25) is 10.0 Å². The highest BCUT2D eigenvalue weighted by Crippen LogP contribution is 2.48. The second kappa shape index (κ2) is 4.81. The van der Waals surface area contributed by atoms with Crippen LogP contribution in [0.25, 0.3) is 0 Å². The number of rotatable bonds is 4. The Morgan fingerprint density at radius 2 is 2.00 bits per heavy atom. The lowest BCUT2D eigenvalue weighted by Gasteiger charge is -2.27. The SMILES string of the molecule is CCC(C)C(=O)OC1CC2CC1CC2S(N)(=O)=O. The van der Waals surface area contributed by atoms with Crippen molar-refractivity contribution < 1.29 is 17.9 Å². The highest BCUT2D eigenvalue weighted by Gasteiger charge is 2.51. The van der Waals surface area contributed by atoms with E-state index in [1.54, 1.807) is 0 Å². The Balaban J connectivity index is 1.94. The molecule has 5 nitrogen and oxygen atoms in total. The number of carbonyl (C=O) groups is 1.